The third-order valence-corrected chi connectivity index (χ3v) is 8.06. The Hall–Kier alpha value is -3.19. The van der Waals surface area contributed by atoms with Gasteiger partial charge in [0.2, 0.25) is 11.8 Å². The predicted molar refractivity (Wildman–Crippen MR) is 139 cm³/mol. The Morgan fingerprint density at radius 2 is 1.40 bits per heavy atom. The molecule has 0 aliphatic carbocycles. The third kappa shape index (κ3) is 6.88. The Morgan fingerprint density at radius 3 is 1.93 bits per heavy atom. The lowest BCUT2D eigenvalue weighted by molar-refractivity contribution is -0.144. The Balaban J connectivity index is 1.65. The topological polar surface area (TPSA) is 53.1 Å². The van der Waals surface area contributed by atoms with Gasteiger partial charge in [0, 0.05) is 39.1 Å². The number of amides is 2. The molecule has 2 saturated heterocycles. The van der Waals surface area contributed by atoms with Gasteiger partial charge < -0.3 is 14.5 Å². The van der Waals surface area contributed by atoms with Crippen LogP contribution in [0, 0.1) is 5.82 Å². The van der Waals surface area contributed by atoms with Gasteiger partial charge in [-0.3, -0.25) is 14.5 Å². The molecule has 13 heteroatoms. The summed E-state index contributed by atoms with van der Waals surface area (Å²) >= 11 is 0. The van der Waals surface area contributed by atoms with E-state index in [-0.39, 0.29) is 31.6 Å². The summed E-state index contributed by atoms with van der Waals surface area (Å²) in [5, 5.41) is 0. The summed E-state index contributed by atoms with van der Waals surface area (Å²) in [5.41, 5.74) is -4.63. The van der Waals surface area contributed by atoms with Crippen molar-refractivity contribution in [1.29, 1.82) is 0 Å². The molecule has 2 aliphatic heterocycles. The van der Waals surface area contributed by atoms with Gasteiger partial charge in [-0.25, -0.2) is 4.39 Å². The molecule has 0 aromatic heterocycles. The maximum absolute atomic E-state index is 13.9. The van der Waals surface area contributed by atoms with E-state index in [1.54, 1.807) is 4.90 Å². The minimum absolute atomic E-state index is 0.0211. The Labute approximate surface area is 239 Å². The lowest BCUT2D eigenvalue weighted by Crippen LogP contribution is -2.49. The summed E-state index contributed by atoms with van der Waals surface area (Å²) in [5.74, 6) is -1.88. The molecule has 2 atom stereocenters. The summed E-state index contributed by atoms with van der Waals surface area (Å²) in [4.78, 5) is 31.9. The average molecular weight is 604 g/mol. The SMILES string of the molecule is CN(C(=O)C(C)(C)c1cc(C(F)(F)F)cc(C(F)(F)F)c1)[C@@H]1CN(C(=O)CN2CCOCC2)CC1c1ccc(F)cc1. The summed E-state index contributed by atoms with van der Waals surface area (Å²) in [6, 6.07) is 6.03. The highest BCUT2D eigenvalue weighted by Crippen LogP contribution is 2.40. The summed E-state index contributed by atoms with van der Waals surface area (Å²) in [6.45, 7) is 5.08. The zero-order chi connectivity index (χ0) is 31.0. The van der Waals surface area contributed by atoms with Crippen LogP contribution in [-0.2, 0) is 32.1 Å². The molecule has 2 heterocycles. The van der Waals surface area contributed by atoms with E-state index >= 15 is 0 Å². The van der Waals surface area contributed by atoms with Crippen LogP contribution in [0.25, 0.3) is 0 Å². The highest BCUT2D eigenvalue weighted by atomic mass is 19.4. The summed E-state index contributed by atoms with van der Waals surface area (Å²) in [6.07, 6.45) is -10.1. The fourth-order valence-corrected chi connectivity index (χ4v) is 5.50. The first-order chi connectivity index (χ1) is 19.5. The summed E-state index contributed by atoms with van der Waals surface area (Å²) < 4.78 is 100. The van der Waals surface area contributed by atoms with Crippen LogP contribution >= 0.6 is 0 Å². The fraction of sp³-hybridized carbons (Fsp3) is 0.517. The molecule has 2 aromatic carbocycles. The second kappa shape index (κ2) is 11.8. The summed E-state index contributed by atoms with van der Waals surface area (Å²) in [7, 11) is 1.42. The number of likely N-dealkylation sites (tertiary alicyclic amines) is 1. The minimum Gasteiger partial charge on any atom is -0.379 e. The van der Waals surface area contributed by atoms with Crippen LogP contribution in [0.1, 0.15) is 42.0 Å². The van der Waals surface area contributed by atoms with Gasteiger partial charge in [0.05, 0.1) is 42.3 Å². The molecule has 6 nitrogen and oxygen atoms in total. The molecule has 230 valence electrons. The molecule has 42 heavy (non-hydrogen) atoms. The second-order valence-electron chi connectivity index (χ2n) is 11.2. The van der Waals surface area contributed by atoms with Gasteiger partial charge in [-0.2, -0.15) is 26.3 Å². The molecule has 0 radical (unpaired) electrons. The molecule has 2 amide bonds. The third-order valence-electron chi connectivity index (χ3n) is 8.06. The average Bonchev–Trinajstić information content (AvgIpc) is 3.38. The van der Waals surface area contributed by atoms with Gasteiger partial charge >= 0.3 is 12.4 Å². The number of carbonyl (C=O) groups is 2. The van der Waals surface area contributed by atoms with Crippen molar-refractivity contribution in [3.05, 3.63) is 70.5 Å². The number of alkyl halides is 6. The van der Waals surface area contributed by atoms with E-state index in [0.29, 0.717) is 44.0 Å². The molecule has 2 fully saturated rings. The van der Waals surface area contributed by atoms with Crippen molar-refractivity contribution < 1.29 is 45.1 Å². The maximum atomic E-state index is 13.9. The number of nitrogens with zero attached hydrogens (tertiary/aromatic N) is 3. The number of ether oxygens (including phenoxy) is 1. The van der Waals surface area contributed by atoms with Gasteiger partial charge in [-0.1, -0.05) is 12.1 Å². The van der Waals surface area contributed by atoms with Crippen LogP contribution in [0.15, 0.2) is 42.5 Å². The number of halogens is 7. The maximum Gasteiger partial charge on any atom is 0.416 e. The highest BCUT2D eigenvalue weighted by molar-refractivity contribution is 5.88. The number of carbonyl (C=O) groups excluding carboxylic acids is 2. The number of hydrogen-bond acceptors (Lipinski definition) is 4. The first-order valence-corrected chi connectivity index (χ1v) is 13.4. The second-order valence-corrected chi connectivity index (χ2v) is 11.2. The fourth-order valence-electron chi connectivity index (χ4n) is 5.50. The van der Waals surface area contributed by atoms with Crippen LogP contribution in [-0.4, -0.2) is 85.5 Å². The molecule has 4 rings (SSSR count). The van der Waals surface area contributed by atoms with E-state index in [0.717, 1.165) is 0 Å². The predicted octanol–water partition coefficient (Wildman–Crippen LogP) is 4.93. The molecule has 2 aliphatic rings. The molecular weight excluding hydrogens is 571 g/mol. The van der Waals surface area contributed by atoms with Crippen LogP contribution in [0.2, 0.25) is 0 Å². The first-order valence-electron chi connectivity index (χ1n) is 13.4. The zero-order valence-corrected chi connectivity index (χ0v) is 23.4. The van der Waals surface area contributed by atoms with Crippen molar-refractivity contribution in [2.45, 2.75) is 43.6 Å². The van der Waals surface area contributed by atoms with Crippen molar-refractivity contribution in [3.8, 4) is 0 Å². The van der Waals surface area contributed by atoms with E-state index in [9.17, 15) is 40.3 Å². The normalized spacial score (nSPS) is 20.6. The van der Waals surface area contributed by atoms with Crippen LogP contribution in [0.5, 0.6) is 0 Å². The van der Waals surface area contributed by atoms with Crippen LogP contribution in [0.4, 0.5) is 30.7 Å². The van der Waals surface area contributed by atoms with Gasteiger partial charge in [0.1, 0.15) is 5.82 Å². The number of hydrogen-bond donors (Lipinski definition) is 0. The lowest BCUT2D eigenvalue weighted by Gasteiger charge is -2.36. The highest BCUT2D eigenvalue weighted by Gasteiger charge is 2.45. The van der Waals surface area contributed by atoms with Crippen LogP contribution < -0.4 is 0 Å². The smallest absolute Gasteiger partial charge is 0.379 e. The van der Waals surface area contributed by atoms with Gasteiger partial charge in [0.25, 0.3) is 0 Å². The lowest BCUT2D eigenvalue weighted by atomic mass is 9.80. The Morgan fingerprint density at radius 1 is 0.881 bits per heavy atom. The monoisotopic (exact) mass is 603 g/mol. The van der Waals surface area contributed by atoms with Crippen molar-refractivity contribution in [2.24, 2.45) is 0 Å². The Kier molecular flexibility index (Phi) is 8.94. The van der Waals surface area contributed by atoms with Crippen LogP contribution in [0.3, 0.4) is 0 Å². The van der Waals surface area contributed by atoms with Gasteiger partial charge in [-0.15, -0.1) is 0 Å². The van der Waals surface area contributed by atoms with Crippen molar-refractivity contribution in [3.63, 3.8) is 0 Å². The molecule has 2 aromatic rings. The van der Waals surface area contributed by atoms with Gasteiger partial charge in [-0.05, 0) is 55.3 Å². The first kappa shape index (κ1) is 31.7. The molecular formula is C29H32F7N3O3. The molecule has 0 N–H and O–H groups in total. The quantitative estimate of drug-likeness (QED) is 0.440. The van der Waals surface area contributed by atoms with Gasteiger partial charge in [0.15, 0.2) is 0 Å². The van der Waals surface area contributed by atoms with E-state index in [4.69, 9.17) is 4.74 Å². The van der Waals surface area contributed by atoms with E-state index in [1.165, 1.54) is 50.1 Å². The number of morpholine rings is 1. The zero-order valence-electron chi connectivity index (χ0n) is 23.4. The largest absolute Gasteiger partial charge is 0.416 e. The van der Waals surface area contributed by atoms with E-state index in [2.05, 4.69) is 0 Å². The minimum atomic E-state index is -5.07. The number of benzene rings is 2. The van der Waals surface area contributed by atoms with Crippen molar-refractivity contribution >= 4 is 11.8 Å². The molecule has 1 unspecified atom stereocenters. The number of likely N-dealkylation sites (N-methyl/N-ethyl adjacent to an activating group) is 1. The number of rotatable bonds is 6. The molecule has 0 spiro atoms. The molecule has 0 saturated carbocycles. The van der Waals surface area contributed by atoms with Crippen molar-refractivity contribution in [1.82, 2.24) is 14.7 Å². The Bertz CT molecular complexity index is 1260. The van der Waals surface area contributed by atoms with E-state index < -0.39 is 58.1 Å². The van der Waals surface area contributed by atoms with E-state index in [1.807, 2.05) is 4.90 Å². The molecule has 0 bridgehead atoms. The standard InChI is InChI=1S/C29H32F7N3O3/c1-27(2,19-12-20(28(31,32)33)14-21(13-19)29(34,35)36)26(41)37(3)24-16-39(25(40)17-38-8-10-42-11-9-38)15-23(24)18-4-6-22(30)7-5-18/h4-7,12-14,23-24H,8-11,15-17H2,1-3H3/t23?,24-/m1/s1. The van der Waals surface area contributed by atoms with Crippen molar-refractivity contribution in [2.75, 3.05) is 53.0 Å².